The first-order chi connectivity index (χ1) is 18.6. The third-order valence-corrected chi connectivity index (χ3v) is 6.91. The molecule has 0 fully saturated rings. The van der Waals surface area contributed by atoms with E-state index in [0.29, 0.717) is 10.8 Å². The molecular weight excluding hydrogens is 494 g/mol. The molecule has 0 bridgehead atoms. The second-order valence-electron chi connectivity index (χ2n) is 9.02. The number of nitro groups is 1. The molecule has 0 unspecified atom stereocenters. The number of non-ortho nitro benzene ring substituents is 1. The normalized spacial score (nSPS) is 11.2. The van der Waals surface area contributed by atoms with Gasteiger partial charge < -0.3 is 20.6 Å². The van der Waals surface area contributed by atoms with Crippen molar-refractivity contribution in [1.82, 2.24) is 9.97 Å². The molecule has 0 aliphatic heterocycles. The predicted octanol–water partition coefficient (Wildman–Crippen LogP) is 7.55. The molecule has 6 aromatic rings. The molecule has 4 N–H and O–H groups in total. The van der Waals surface area contributed by atoms with E-state index in [0.717, 1.165) is 22.3 Å². The van der Waals surface area contributed by atoms with E-state index in [1.54, 1.807) is 12.1 Å². The van der Waals surface area contributed by atoms with Crippen molar-refractivity contribution in [2.45, 2.75) is 5.92 Å². The van der Waals surface area contributed by atoms with Gasteiger partial charge in [-0.25, -0.2) is 0 Å². The summed E-state index contributed by atoms with van der Waals surface area (Å²) in [7, 11) is 0. The van der Waals surface area contributed by atoms with E-state index in [2.05, 4.69) is 81.5 Å². The Balaban J connectivity index is 1.29. The molecule has 2 heterocycles. The second kappa shape index (κ2) is 9.84. The van der Waals surface area contributed by atoms with Crippen molar-refractivity contribution in [1.29, 1.82) is 0 Å². The number of rotatable bonds is 6. The van der Waals surface area contributed by atoms with E-state index in [1.807, 2.05) is 24.3 Å². The van der Waals surface area contributed by atoms with Gasteiger partial charge in [0.1, 0.15) is 0 Å². The molecule has 0 saturated carbocycles. The van der Waals surface area contributed by atoms with Gasteiger partial charge >= 0.3 is 0 Å². The van der Waals surface area contributed by atoms with Crippen LogP contribution < -0.4 is 10.6 Å². The summed E-state index contributed by atoms with van der Waals surface area (Å²) in [5.41, 5.74) is 7.32. The minimum absolute atomic E-state index is 0.0153. The van der Waals surface area contributed by atoms with E-state index in [9.17, 15) is 10.1 Å². The second-order valence-corrected chi connectivity index (χ2v) is 9.43. The van der Waals surface area contributed by atoms with Crippen molar-refractivity contribution < 1.29 is 4.92 Å². The highest BCUT2D eigenvalue weighted by Crippen LogP contribution is 2.39. The molecule has 0 atom stereocenters. The van der Waals surface area contributed by atoms with E-state index < -0.39 is 4.92 Å². The Morgan fingerprint density at radius 1 is 0.711 bits per heavy atom. The minimum atomic E-state index is -0.429. The van der Waals surface area contributed by atoms with Crippen molar-refractivity contribution in [3.63, 3.8) is 0 Å². The maximum atomic E-state index is 10.9. The van der Waals surface area contributed by atoms with Crippen LogP contribution in [0.3, 0.4) is 0 Å². The van der Waals surface area contributed by atoms with Crippen LogP contribution in [-0.2, 0) is 0 Å². The average molecular weight is 518 g/mol. The van der Waals surface area contributed by atoms with Gasteiger partial charge in [-0.15, -0.1) is 0 Å². The van der Waals surface area contributed by atoms with Crippen molar-refractivity contribution >= 4 is 56.2 Å². The molecular formula is C30H23N5O2S. The molecule has 2 aromatic heterocycles. The molecule has 4 aromatic carbocycles. The molecule has 0 aliphatic rings. The third kappa shape index (κ3) is 4.49. The number of thiocarbonyl (C=S) groups is 1. The monoisotopic (exact) mass is 517 g/mol. The Bertz CT molecular complexity index is 1700. The summed E-state index contributed by atoms with van der Waals surface area (Å²) in [6.45, 7) is 0. The number of aromatic nitrogens is 2. The van der Waals surface area contributed by atoms with Crippen LogP contribution in [0.15, 0.2) is 109 Å². The van der Waals surface area contributed by atoms with Crippen LogP contribution >= 0.6 is 12.2 Å². The lowest BCUT2D eigenvalue weighted by atomic mass is 9.84. The Hall–Kier alpha value is -4.95. The molecule has 0 saturated heterocycles. The topological polar surface area (TPSA) is 98.8 Å². The fourth-order valence-corrected chi connectivity index (χ4v) is 5.15. The smallest absolute Gasteiger partial charge is 0.269 e. The van der Waals surface area contributed by atoms with Gasteiger partial charge in [-0.2, -0.15) is 0 Å². The van der Waals surface area contributed by atoms with Crippen LogP contribution in [0.2, 0.25) is 0 Å². The van der Waals surface area contributed by atoms with Crippen LogP contribution in [0, 0.1) is 10.1 Å². The number of fused-ring (bicyclic) bond motifs is 2. The summed E-state index contributed by atoms with van der Waals surface area (Å²) < 4.78 is 0. The van der Waals surface area contributed by atoms with E-state index in [4.69, 9.17) is 12.2 Å². The number of hydrogen-bond donors (Lipinski definition) is 4. The van der Waals surface area contributed by atoms with Gasteiger partial charge in [0.15, 0.2) is 5.11 Å². The molecule has 186 valence electrons. The van der Waals surface area contributed by atoms with E-state index in [-0.39, 0.29) is 11.6 Å². The number of nitrogens with one attached hydrogen (secondary N) is 4. The lowest BCUT2D eigenvalue weighted by molar-refractivity contribution is -0.384. The number of para-hydroxylation sites is 2. The standard InChI is InChI=1S/C30H23N5O2S/c36-35(37)22-15-13-21(14-16-22)34-30(38)33-20-11-9-19(10-12-20)29(25-17-31-27-7-3-1-5-23(25)27)26-18-32-28-8-4-2-6-24(26)28/h1-18,29,31-32H,(H2,33,34,38). The van der Waals surface area contributed by atoms with Crippen LogP contribution in [0.25, 0.3) is 21.8 Å². The van der Waals surface area contributed by atoms with Crippen molar-refractivity contribution in [3.8, 4) is 0 Å². The van der Waals surface area contributed by atoms with Crippen LogP contribution in [-0.4, -0.2) is 20.0 Å². The SMILES string of the molecule is O=[N+]([O-])c1ccc(NC(=S)Nc2ccc(C(c3c[nH]c4ccccc34)c3c[nH]c4ccccc34)cc2)cc1. The summed E-state index contributed by atoms with van der Waals surface area (Å²) in [5, 5.41) is 19.9. The van der Waals surface area contributed by atoms with Crippen LogP contribution in [0.5, 0.6) is 0 Å². The summed E-state index contributed by atoms with van der Waals surface area (Å²) in [6.07, 6.45) is 4.21. The minimum Gasteiger partial charge on any atom is -0.361 e. The summed E-state index contributed by atoms with van der Waals surface area (Å²) >= 11 is 5.46. The zero-order valence-electron chi connectivity index (χ0n) is 20.1. The lowest BCUT2D eigenvalue weighted by Crippen LogP contribution is -2.19. The maximum Gasteiger partial charge on any atom is 0.269 e. The first-order valence-corrected chi connectivity index (χ1v) is 12.5. The zero-order valence-corrected chi connectivity index (χ0v) is 21.0. The van der Waals surface area contributed by atoms with Crippen LogP contribution in [0.4, 0.5) is 17.1 Å². The van der Waals surface area contributed by atoms with Gasteiger partial charge in [0.05, 0.1) is 4.92 Å². The van der Waals surface area contributed by atoms with Crippen LogP contribution in [0.1, 0.15) is 22.6 Å². The summed E-state index contributed by atoms with van der Waals surface area (Å²) in [4.78, 5) is 17.3. The Labute approximate surface area is 223 Å². The number of hydrogen-bond acceptors (Lipinski definition) is 3. The van der Waals surface area contributed by atoms with Crippen molar-refractivity contribution in [2.24, 2.45) is 0 Å². The van der Waals surface area contributed by atoms with Gasteiger partial charge in [-0.3, -0.25) is 10.1 Å². The Morgan fingerprint density at radius 2 is 1.18 bits per heavy atom. The first-order valence-electron chi connectivity index (χ1n) is 12.1. The number of aromatic amines is 2. The van der Waals surface area contributed by atoms with Gasteiger partial charge in [-0.1, -0.05) is 48.5 Å². The Morgan fingerprint density at radius 3 is 1.68 bits per heavy atom. The average Bonchev–Trinajstić information content (AvgIpc) is 3.55. The quantitative estimate of drug-likeness (QED) is 0.104. The first kappa shape index (κ1) is 23.4. The highest BCUT2D eigenvalue weighted by molar-refractivity contribution is 7.80. The number of benzene rings is 4. The molecule has 38 heavy (non-hydrogen) atoms. The van der Waals surface area contributed by atoms with Gasteiger partial charge in [-0.05, 0) is 65.3 Å². The fourth-order valence-electron chi connectivity index (χ4n) is 4.91. The lowest BCUT2D eigenvalue weighted by Gasteiger charge is -2.18. The number of anilines is 2. The zero-order chi connectivity index (χ0) is 26.1. The highest BCUT2D eigenvalue weighted by Gasteiger charge is 2.23. The van der Waals surface area contributed by atoms with E-state index in [1.165, 1.54) is 34.0 Å². The van der Waals surface area contributed by atoms with Crippen molar-refractivity contribution in [3.05, 3.63) is 136 Å². The fraction of sp³-hybridized carbons (Fsp3) is 0.0333. The van der Waals surface area contributed by atoms with Gasteiger partial charge in [0.25, 0.3) is 5.69 Å². The largest absolute Gasteiger partial charge is 0.361 e. The molecule has 0 radical (unpaired) electrons. The van der Waals surface area contributed by atoms with E-state index >= 15 is 0 Å². The number of nitro benzene ring substituents is 1. The molecule has 0 amide bonds. The highest BCUT2D eigenvalue weighted by atomic mass is 32.1. The van der Waals surface area contributed by atoms with Crippen molar-refractivity contribution in [2.75, 3.05) is 10.6 Å². The predicted molar refractivity (Wildman–Crippen MR) is 157 cm³/mol. The number of nitrogens with zero attached hydrogens (tertiary/aromatic N) is 1. The molecule has 8 heteroatoms. The Kier molecular flexibility index (Phi) is 6.07. The summed E-state index contributed by atoms with van der Waals surface area (Å²) in [5.74, 6) is 0.0153. The number of H-pyrrole nitrogens is 2. The van der Waals surface area contributed by atoms with Gasteiger partial charge in [0, 0.05) is 63.6 Å². The molecule has 0 aliphatic carbocycles. The maximum absolute atomic E-state index is 10.9. The molecule has 7 nitrogen and oxygen atoms in total. The summed E-state index contributed by atoms with van der Waals surface area (Å²) in [6, 6.07) is 31.1. The van der Waals surface area contributed by atoms with Gasteiger partial charge in [0.2, 0.25) is 0 Å². The third-order valence-electron chi connectivity index (χ3n) is 6.70. The molecule has 6 rings (SSSR count). The molecule has 0 spiro atoms.